The van der Waals surface area contributed by atoms with Crippen LogP contribution in [0, 0.1) is 16.3 Å². The van der Waals surface area contributed by atoms with E-state index in [0.717, 1.165) is 30.2 Å². The molecule has 1 unspecified atom stereocenters. The van der Waals surface area contributed by atoms with Crippen LogP contribution in [0.3, 0.4) is 0 Å². The summed E-state index contributed by atoms with van der Waals surface area (Å²) in [6, 6.07) is 9.17. The van der Waals surface area contributed by atoms with E-state index >= 15 is 0 Å². The molecule has 0 saturated carbocycles. The smallest absolute Gasteiger partial charge is 0.124 e. The van der Waals surface area contributed by atoms with Crippen molar-refractivity contribution in [2.24, 2.45) is 0 Å². The van der Waals surface area contributed by atoms with E-state index < -0.39 is 0 Å². The highest BCUT2D eigenvalue weighted by Gasteiger charge is 2.19. The molecule has 112 valence electrons. The molecule has 0 aliphatic carbocycles. The van der Waals surface area contributed by atoms with Gasteiger partial charge in [0.1, 0.15) is 5.82 Å². The normalized spacial score (nSPS) is 12.5. The van der Waals surface area contributed by atoms with Gasteiger partial charge < -0.3 is 5.32 Å². The first-order valence-corrected chi connectivity index (χ1v) is 9.24. The molecule has 1 N–H and O–H groups in total. The van der Waals surface area contributed by atoms with Gasteiger partial charge in [-0.3, -0.25) is 0 Å². The van der Waals surface area contributed by atoms with Crippen LogP contribution in [0.25, 0.3) is 0 Å². The predicted molar refractivity (Wildman–Crippen MR) is 101 cm³/mol. The van der Waals surface area contributed by atoms with Crippen molar-refractivity contribution in [3.63, 3.8) is 0 Å². The van der Waals surface area contributed by atoms with Gasteiger partial charge in [-0.15, -0.1) is 0 Å². The van der Waals surface area contributed by atoms with E-state index in [1.165, 1.54) is 11.6 Å². The SMILES string of the molecule is CCNC(c1cc(Br)c(C)cc1Br)c1ccc(F)cc1I. The Balaban J connectivity index is 2.55. The van der Waals surface area contributed by atoms with Crippen LogP contribution in [-0.4, -0.2) is 6.54 Å². The van der Waals surface area contributed by atoms with Gasteiger partial charge in [0, 0.05) is 12.5 Å². The molecule has 2 aromatic rings. The van der Waals surface area contributed by atoms with Crippen LogP contribution in [-0.2, 0) is 0 Å². The molecule has 2 aromatic carbocycles. The highest BCUT2D eigenvalue weighted by molar-refractivity contribution is 14.1. The van der Waals surface area contributed by atoms with Crippen LogP contribution in [0.1, 0.15) is 29.7 Å². The molecule has 0 spiro atoms. The van der Waals surface area contributed by atoms with Crippen LogP contribution in [0.15, 0.2) is 39.3 Å². The second-order valence-electron chi connectivity index (χ2n) is 4.78. The molecule has 0 heterocycles. The van der Waals surface area contributed by atoms with Gasteiger partial charge in [-0.05, 0) is 77.0 Å². The monoisotopic (exact) mass is 525 g/mol. The molecule has 0 bridgehead atoms. The third-order valence-electron chi connectivity index (χ3n) is 3.27. The molecule has 2 rings (SSSR count). The summed E-state index contributed by atoms with van der Waals surface area (Å²) in [5.41, 5.74) is 3.39. The van der Waals surface area contributed by atoms with Crippen LogP contribution >= 0.6 is 54.5 Å². The van der Waals surface area contributed by atoms with E-state index in [1.54, 1.807) is 6.07 Å². The summed E-state index contributed by atoms with van der Waals surface area (Å²) in [7, 11) is 0. The van der Waals surface area contributed by atoms with Gasteiger partial charge in [-0.2, -0.15) is 0 Å². The minimum Gasteiger partial charge on any atom is -0.306 e. The lowest BCUT2D eigenvalue weighted by Crippen LogP contribution is -2.23. The number of hydrogen-bond donors (Lipinski definition) is 1. The number of aryl methyl sites for hydroxylation is 1. The Morgan fingerprint density at radius 1 is 1.14 bits per heavy atom. The minimum atomic E-state index is -0.206. The maximum atomic E-state index is 13.4. The molecule has 21 heavy (non-hydrogen) atoms. The van der Waals surface area contributed by atoms with E-state index in [2.05, 4.69) is 85.7 Å². The van der Waals surface area contributed by atoms with Crippen molar-refractivity contribution >= 4 is 54.5 Å². The van der Waals surface area contributed by atoms with Crippen molar-refractivity contribution in [1.29, 1.82) is 0 Å². The van der Waals surface area contributed by atoms with Crippen molar-refractivity contribution in [3.8, 4) is 0 Å². The molecule has 0 amide bonds. The maximum absolute atomic E-state index is 13.4. The second kappa shape index (κ2) is 7.53. The lowest BCUT2D eigenvalue weighted by Gasteiger charge is -2.22. The fourth-order valence-electron chi connectivity index (χ4n) is 2.21. The number of benzene rings is 2. The van der Waals surface area contributed by atoms with Crippen molar-refractivity contribution in [1.82, 2.24) is 5.32 Å². The maximum Gasteiger partial charge on any atom is 0.124 e. The molecule has 0 fully saturated rings. The van der Waals surface area contributed by atoms with E-state index in [1.807, 2.05) is 6.07 Å². The largest absolute Gasteiger partial charge is 0.306 e. The first-order chi connectivity index (χ1) is 9.93. The predicted octanol–water partition coefficient (Wildman–Crippen LogP) is 5.96. The standard InChI is InChI=1S/C16H15Br2FIN/c1-3-21-16(11-5-4-10(19)7-15(11)20)12-8-13(17)9(2)6-14(12)18/h4-8,16,21H,3H2,1-2H3. The Kier molecular flexibility index (Phi) is 6.23. The summed E-state index contributed by atoms with van der Waals surface area (Å²) in [4.78, 5) is 0. The summed E-state index contributed by atoms with van der Waals surface area (Å²) in [6.07, 6.45) is 0. The molecule has 0 saturated heterocycles. The number of nitrogens with one attached hydrogen (secondary N) is 1. The molecule has 0 aliphatic heterocycles. The molecule has 5 heteroatoms. The first kappa shape index (κ1) is 17.4. The number of rotatable bonds is 4. The van der Waals surface area contributed by atoms with Crippen LogP contribution in [0.5, 0.6) is 0 Å². The Labute approximate surface area is 155 Å². The summed E-state index contributed by atoms with van der Waals surface area (Å²) in [6.45, 7) is 4.96. The average molecular weight is 527 g/mol. The summed E-state index contributed by atoms with van der Waals surface area (Å²) in [5, 5.41) is 3.48. The molecule has 0 aliphatic rings. The minimum absolute atomic E-state index is 0.0220. The van der Waals surface area contributed by atoms with Crippen LogP contribution in [0.2, 0.25) is 0 Å². The summed E-state index contributed by atoms with van der Waals surface area (Å²) < 4.78 is 16.4. The van der Waals surface area contributed by atoms with Crippen molar-refractivity contribution in [3.05, 3.63) is 65.4 Å². The van der Waals surface area contributed by atoms with E-state index in [-0.39, 0.29) is 11.9 Å². The zero-order chi connectivity index (χ0) is 15.6. The average Bonchev–Trinajstić information content (AvgIpc) is 2.41. The zero-order valence-corrected chi connectivity index (χ0v) is 17.0. The van der Waals surface area contributed by atoms with Crippen molar-refractivity contribution in [2.45, 2.75) is 19.9 Å². The topological polar surface area (TPSA) is 12.0 Å². The third kappa shape index (κ3) is 4.06. The van der Waals surface area contributed by atoms with Crippen molar-refractivity contribution in [2.75, 3.05) is 6.54 Å². The first-order valence-electron chi connectivity index (χ1n) is 6.58. The lowest BCUT2D eigenvalue weighted by molar-refractivity contribution is 0.609. The van der Waals surface area contributed by atoms with Gasteiger partial charge in [0.05, 0.1) is 6.04 Å². The summed E-state index contributed by atoms with van der Waals surface area (Å²) >= 11 is 9.43. The van der Waals surface area contributed by atoms with Gasteiger partial charge in [0.25, 0.3) is 0 Å². The quantitative estimate of drug-likeness (QED) is 0.485. The van der Waals surface area contributed by atoms with Crippen LogP contribution < -0.4 is 5.32 Å². The molecule has 1 atom stereocenters. The van der Waals surface area contributed by atoms with E-state index in [9.17, 15) is 4.39 Å². The van der Waals surface area contributed by atoms with Gasteiger partial charge >= 0.3 is 0 Å². The zero-order valence-electron chi connectivity index (χ0n) is 11.7. The molecular weight excluding hydrogens is 512 g/mol. The lowest BCUT2D eigenvalue weighted by atomic mass is 9.97. The Morgan fingerprint density at radius 2 is 1.86 bits per heavy atom. The fourth-order valence-corrected chi connectivity index (χ4v) is 4.05. The van der Waals surface area contributed by atoms with E-state index in [0.29, 0.717) is 0 Å². The molecule has 1 nitrogen and oxygen atoms in total. The van der Waals surface area contributed by atoms with Crippen LogP contribution in [0.4, 0.5) is 4.39 Å². The van der Waals surface area contributed by atoms with E-state index in [4.69, 9.17) is 0 Å². The van der Waals surface area contributed by atoms with Gasteiger partial charge in [-0.1, -0.05) is 44.8 Å². The molecule has 0 aromatic heterocycles. The molecular formula is C16H15Br2FIN. The second-order valence-corrected chi connectivity index (χ2v) is 7.65. The Morgan fingerprint density at radius 3 is 2.48 bits per heavy atom. The van der Waals surface area contributed by atoms with Gasteiger partial charge in [0.2, 0.25) is 0 Å². The highest BCUT2D eigenvalue weighted by Crippen LogP contribution is 2.34. The number of halogens is 4. The summed E-state index contributed by atoms with van der Waals surface area (Å²) in [5.74, 6) is -0.206. The fraction of sp³-hybridized carbons (Fsp3) is 0.250. The Bertz CT molecular complexity index is 661. The number of hydrogen-bond acceptors (Lipinski definition) is 1. The van der Waals surface area contributed by atoms with Gasteiger partial charge in [-0.25, -0.2) is 4.39 Å². The third-order valence-corrected chi connectivity index (χ3v) is 5.75. The van der Waals surface area contributed by atoms with Gasteiger partial charge in [0.15, 0.2) is 0 Å². The molecule has 0 radical (unpaired) electrons. The Hall–Kier alpha value is 0.0200. The highest BCUT2D eigenvalue weighted by atomic mass is 127. The van der Waals surface area contributed by atoms with Crippen molar-refractivity contribution < 1.29 is 4.39 Å².